The molecule has 14 heavy (non-hydrogen) atoms. The number of nitrogens with two attached hydrogens (primary N) is 1. The van der Waals surface area contributed by atoms with E-state index in [1.54, 1.807) is 10.9 Å². The first-order valence-corrected chi connectivity index (χ1v) is 5.05. The number of rotatable bonds is 3. The van der Waals surface area contributed by atoms with E-state index >= 15 is 0 Å². The molecule has 0 aliphatic rings. The van der Waals surface area contributed by atoms with Gasteiger partial charge in [-0.1, -0.05) is 6.92 Å². The number of aromatic nitrogens is 2. The van der Waals surface area contributed by atoms with E-state index in [-0.39, 0.29) is 17.9 Å². The first-order chi connectivity index (χ1) is 6.56. The fourth-order valence-electron chi connectivity index (χ4n) is 1.12. The lowest BCUT2D eigenvalue weighted by atomic mass is 10.0. The van der Waals surface area contributed by atoms with Gasteiger partial charge in [0.1, 0.15) is 0 Å². The molecule has 1 rings (SSSR count). The highest BCUT2D eigenvalue weighted by Gasteiger charge is 2.21. The summed E-state index contributed by atoms with van der Waals surface area (Å²) in [4.78, 5) is 11.2. The number of hydrogen-bond acceptors (Lipinski definition) is 3. The van der Waals surface area contributed by atoms with Crippen LogP contribution in [0.1, 0.15) is 19.9 Å². The molecule has 0 saturated carbocycles. The van der Waals surface area contributed by atoms with Crippen molar-refractivity contribution in [2.75, 3.05) is 0 Å². The van der Waals surface area contributed by atoms with Crippen molar-refractivity contribution < 1.29 is 4.79 Å². The standard InChI is InChI=1S/C8H13BrN4O/c1-5(8(14)12-10)6(2)13-4-7(9)3-11-13/h3-6H,10H2,1-2H3,(H,12,14). The molecule has 5 nitrogen and oxygen atoms in total. The van der Waals surface area contributed by atoms with Crippen molar-refractivity contribution >= 4 is 21.8 Å². The molecule has 0 aliphatic carbocycles. The zero-order valence-corrected chi connectivity index (χ0v) is 9.65. The lowest BCUT2D eigenvalue weighted by Crippen LogP contribution is -2.37. The molecule has 0 saturated heterocycles. The van der Waals surface area contributed by atoms with Gasteiger partial charge in [-0.05, 0) is 22.9 Å². The highest BCUT2D eigenvalue weighted by atomic mass is 79.9. The lowest BCUT2D eigenvalue weighted by molar-refractivity contribution is -0.125. The molecule has 0 fully saturated rings. The summed E-state index contributed by atoms with van der Waals surface area (Å²) in [5, 5.41) is 4.10. The SMILES string of the molecule is CC(C(=O)NN)C(C)n1cc(Br)cn1. The quantitative estimate of drug-likeness (QED) is 0.481. The molecule has 0 bridgehead atoms. The van der Waals surface area contributed by atoms with Gasteiger partial charge in [0.15, 0.2) is 0 Å². The van der Waals surface area contributed by atoms with Gasteiger partial charge in [-0.2, -0.15) is 5.10 Å². The molecule has 1 amide bonds. The summed E-state index contributed by atoms with van der Waals surface area (Å²) in [6.07, 6.45) is 3.51. The van der Waals surface area contributed by atoms with Crippen LogP contribution in [0.3, 0.4) is 0 Å². The van der Waals surface area contributed by atoms with Gasteiger partial charge >= 0.3 is 0 Å². The number of carbonyl (C=O) groups is 1. The van der Waals surface area contributed by atoms with Crippen LogP contribution in [0.25, 0.3) is 0 Å². The predicted molar refractivity (Wildman–Crippen MR) is 56.1 cm³/mol. The Kier molecular flexibility index (Phi) is 3.65. The van der Waals surface area contributed by atoms with Crippen molar-refractivity contribution in [2.24, 2.45) is 11.8 Å². The third kappa shape index (κ3) is 2.33. The van der Waals surface area contributed by atoms with E-state index in [9.17, 15) is 4.79 Å². The van der Waals surface area contributed by atoms with Crippen LogP contribution in [0.5, 0.6) is 0 Å². The summed E-state index contributed by atoms with van der Waals surface area (Å²) in [5.41, 5.74) is 2.13. The molecule has 78 valence electrons. The van der Waals surface area contributed by atoms with E-state index in [2.05, 4.69) is 26.5 Å². The van der Waals surface area contributed by atoms with Gasteiger partial charge in [0.05, 0.1) is 22.6 Å². The van der Waals surface area contributed by atoms with Crippen molar-refractivity contribution in [3.05, 3.63) is 16.9 Å². The normalized spacial score (nSPS) is 14.9. The molecule has 1 aromatic heterocycles. The third-order valence-corrected chi connectivity index (χ3v) is 2.68. The zero-order chi connectivity index (χ0) is 10.7. The number of halogens is 1. The number of nitrogens with one attached hydrogen (secondary N) is 1. The van der Waals surface area contributed by atoms with Gasteiger partial charge in [0.25, 0.3) is 0 Å². The molecule has 1 aromatic rings. The van der Waals surface area contributed by atoms with Crippen LogP contribution in [-0.2, 0) is 4.79 Å². The molecular weight excluding hydrogens is 248 g/mol. The van der Waals surface area contributed by atoms with E-state index in [1.165, 1.54) is 0 Å². The fraction of sp³-hybridized carbons (Fsp3) is 0.500. The maximum absolute atomic E-state index is 11.2. The van der Waals surface area contributed by atoms with E-state index < -0.39 is 0 Å². The van der Waals surface area contributed by atoms with E-state index in [0.717, 1.165) is 4.47 Å². The number of carbonyl (C=O) groups excluding carboxylic acids is 1. The van der Waals surface area contributed by atoms with Crippen molar-refractivity contribution in [3.8, 4) is 0 Å². The van der Waals surface area contributed by atoms with Crippen LogP contribution in [0.4, 0.5) is 0 Å². The largest absolute Gasteiger partial charge is 0.294 e. The first-order valence-electron chi connectivity index (χ1n) is 4.26. The Morgan fingerprint density at radius 2 is 2.36 bits per heavy atom. The summed E-state index contributed by atoms with van der Waals surface area (Å²) < 4.78 is 2.62. The average molecular weight is 261 g/mol. The van der Waals surface area contributed by atoms with Crippen LogP contribution < -0.4 is 11.3 Å². The number of hydrazine groups is 1. The van der Waals surface area contributed by atoms with Gasteiger partial charge in [0.2, 0.25) is 5.91 Å². The Morgan fingerprint density at radius 3 is 2.79 bits per heavy atom. The van der Waals surface area contributed by atoms with Gasteiger partial charge in [0, 0.05) is 6.20 Å². The Balaban J connectivity index is 2.74. The number of hydrogen-bond donors (Lipinski definition) is 2. The van der Waals surface area contributed by atoms with E-state index in [4.69, 9.17) is 5.84 Å². The molecule has 2 atom stereocenters. The minimum absolute atomic E-state index is 0.0233. The molecule has 1 heterocycles. The second-order valence-corrected chi connectivity index (χ2v) is 4.09. The third-order valence-electron chi connectivity index (χ3n) is 2.27. The fourth-order valence-corrected chi connectivity index (χ4v) is 1.42. The maximum Gasteiger partial charge on any atom is 0.238 e. The lowest BCUT2D eigenvalue weighted by Gasteiger charge is -2.18. The topological polar surface area (TPSA) is 72.9 Å². The van der Waals surface area contributed by atoms with Gasteiger partial charge in [-0.3, -0.25) is 14.9 Å². The molecule has 0 aliphatic heterocycles. The predicted octanol–water partition coefficient (Wildman–Crippen LogP) is 0.833. The highest BCUT2D eigenvalue weighted by molar-refractivity contribution is 9.10. The minimum Gasteiger partial charge on any atom is -0.294 e. The molecule has 6 heteroatoms. The van der Waals surface area contributed by atoms with Crippen molar-refractivity contribution in [1.29, 1.82) is 0 Å². The Labute approximate surface area is 90.8 Å². The maximum atomic E-state index is 11.2. The molecule has 0 radical (unpaired) electrons. The van der Waals surface area contributed by atoms with Crippen LogP contribution >= 0.6 is 15.9 Å². The van der Waals surface area contributed by atoms with Crippen LogP contribution in [0.15, 0.2) is 16.9 Å². The van der Waals surface area contributed by atoms with E-state index in [0.29, 0.717) is 0 Å². The summed E-state index contributed by atoms with van der Waals surface area (Å²) in [7, 11) is 0. The van der Waals surface area contributed by atoms with Crippen LogP contribution in [-0.4, -0.2) is 15.7 Å². The Bertz CT molecular complexity index is 325. The molecule has 0 spiro atoms. The van der Waals surface area contributed by atoms with Crippen molar-refractivity contribution in [2.45, 2.75) is 19.9 Å². The Morgan fingerprint density at radius 1 is 1.71 bits per heavy atom. The zero-order valence-electron chi connectivity index (χ0n) is 8.07. The Hall–Kier alpha value is -0.880. The minimum atomic E-state index is -0.216. The number of nitrogens with zero attached hydrogens (tertiary/aromatic N) is 2. The van der Waals surface area contributed by atoms with Crippen molar-refractivity contribution in [3.63, 3.8) is 0 Å². The summed E-state index contributed by atoms with van der Waals surface area (Å²) in [5.74, 6) is 4.65. The van der Waals surface area contributed by atoms with Gasteiger partial charge < -0.3 is 0 Å². The first kappa shape index (κ1) is 11.2. The monoisotopic (exact) mass is 260 g/mol. The van der Waals surface area contributed by atoms with Crippen LogP contribution in [0, 0.1) is 5.92 Å². The van der Waals surface area contributed by atoms with Crippen molar-refractivity contribution in [1.82, 2.24) is 15.2 Å². The summed E-state index contributed by atoms with van der Waals surface area (Å²) in [6.45, 7) is 3.72. The molecule has 2 unspecified atom stereocenters. The summed E-state index contributed by atoms with van der Waals surface area (Å²) >= 11 is 3.30. The van der Waals surface area contributed by atoms with Gasteiger partial charge in [-0.25, -0.2) is 5.84 Å². The highest BCUT2D eigenvalue weighted by Crippen LogP contribution is 2.18. The second kappa shape index (κ2) is 4.56. The smallest absolute Gasteiger partial charge is 0.238 e. The van der Waals surface area contributed by atoms with E-state index in [1.807, 2.05) is 20.0 Å². The molecule has 3 N–H and O–H groups in total. The summed E-state index contributed by atoms with van der Waals surface area (Å²) in [6, 6.07) is -0.0233. The molecular formula is C8H13BrN4O. The molecule has 0 aromatic carbocycles. The van der Waals surface area contributed by atoms with Crippen LogP contribution in [0.2, 0.25) is 0 Å². The van der Waals surface area contributed by atoms with Gasteiger partial charge in [-0.15, -0.1) is 0 Å². The average Bonchev–Trinajstić information content (AvgIpc) is 2.61. The second-order valence-electron chi connectivity index (χ2n) is 3.18. The number of amides is 1.